The minimum absolute atomic E-state index is 0.0359. The van der Waals surface area contributed by atoms with E-state index in [9.17, 15) is 9.59 Å². The molecule has 0 aliphatic heterocycles. The molecular formula is C12H10O4. The van der Waals surface area contributed by atoms with E-state index in [0.29, 0.717) is 11.1 Å². The fourth-order valence-corrected chi connectivity index (χ4v) is 1.70. The van der Waals surface area contributed by atoms with Crippen LogP contribution in [-0.2, 0) is 9.47 Å². The molecule has 4 heteroatoms. The molecule has 1 aliphatic rings. The van der Waals surface area contributed by atoms with Crippen molar-refractivity contribution in [3.63, 3.8) is 0 Å². The van der Waals surface area contributed by atoms with Crippen molar-refractivity contribution in [3.05, 3.63) is 46.9 Å². The molecule has 0 saturated carbocycles. The number of hydrogen-bond donors (Lipinski definition) is 0. The smallest absolute Gasteiger partial charge is 0.232 e. The second-order valence-corrected chi connectivity index (χ2v) is 3.27. The molecule has 0 heterocycles. The fraction of sp³-hybridized carbons (Fsp3) is 0.167. The highest BCUT2D eigenvalue weighted by Gasteiger charge is 2.33. The highest BCUT2D eigenvalue weighted by atomic mass is 16.5. The average molecular weight is 218 g/mol. The first kappa shape index (κ1) is 10.4. The molecule has 2 rings (SSSR count). The molecule has 0 aromatic heterocycles. The van der Waals surface area contributed by atoms with Crippen molar-refractivity contribution >= 4 is 11.6 Å². The molecule has 0 radical (unpaired) electrons. The predicted octanol–water partition coefficient (Wildman–Crippen LogP) is 1.57. The maximum Gasteiger partial charge on any atom is 0.232 e. The van der Waals surface area contributed by atoms with Gasteiger partial charge < -0.3 is 9.47 Å². The Morgan fingerprint density at radius 1 is 0.812 bits per heavy atom. The van der Waals surface area contributed by atoms with Crippen LogP contribution in [0.2, 0.25) is 0 Å². The minimum Gasteiger partial charge on any atom is -0.489 e. The topological polar surface area (TPSA) is 52.6 Å². The van der Waals surface area contributed by atoms with Gasteiger partial charge in [0.25, 0.3) is 0 Å². The number of methoxy groups -OCH3 is 2. The van der Waals surface area contributed by atoms with Crippen molar-refractivity contribution in [2.45, 2.75) is 0 Å². The third-order valence-corrected chi connectivity index (χ3v) is 2.44. The van der Waals surface area contributed by atoms with E-state index in [1.807, 2.05) is 0 Å². The highest BCUT2D eigenvalue weighted by molar-refractivity contribution is 6.25. The van der Waals surface area contributed by atoms with Gasteiger partial charge in [0.1, 0.15) is 0 Å². The molecule has 0 N–H and O–H groups in total. The minimum atomic E-state index is -0.324. The normalized spacial score (nSPS) is 14.9. The number of rotatable bonds is 2. The lowest BCUT2D eigenvalue weighted by atomic mass is 9.92. The summed E-state index contributed by atoms with van der Waals surface area (Å²) in [4.78, 5) is 23.9. The Balaban J connectivity index is 2.67. The van der Waals surface area contributed by atoms with Gasteiger partial charge in [0, 0.05) is 11.1 Å². The molecule has 1 aromatic carbocycles. The zero-order valence-corrected chi connectivity index (χ0v) is 8.94. The van der Waals surface area contributed by atoms with Crippen LogP contribution in [0.25, 0.3) is 0 Å². The summed E-state index contributed by atoms with van der Waals surface area (Å²) in [5.74, 6) is -0.721. The van der Waals surface area contributed by atoms with Crippen LogP contribution in [-0.4, -0.2) is 25.8 Å². The van der Waals surface area contributed by atoms with Gasteiger partial charge in [0.2, 0.25) is 23.1 Å². The first-order valence-corrected chi connectivity index (χ1v) is 4.71. The number of carbonyl (C=O) groups excluding carboxylic acids is 2. The van der Waals surface area contributed by atoms with Crippen LogP contribution in [0.3, 0.4) is 0 Å². The largest absolute Gasteiger partial charge is 0.489 e. The Bertz CT molecular complexity index is 454. The first-order valence-electron chi connectivity index (χ1n) is 4.71. The van der Waals surface area contributed by atoms with Gasteiger partial charge in [0.15, 0.2) is 0 Å². The Hall–Kier alpha value is -2.10. The van der Waals surface area contributed by atoms with Crippen LogP contribution in [0.1, 0.15) is 20.7 Å². The number of carbonyl (C=O) groups is 2. The number of fused-ring (bicyclic) bond motifs is 1. The van der Waals surface area contributed by atoms with Gasteiger partial charge in [-0.1, -0.05) is 24.3 Å². The maximum absolute atomic E-state index is 11.9. The molecule has 0 amide bonds. The summed E-state index contributed by atoms with van der Waals surface area (Å²) in [5.41, 5.74) is 0.704. The van der Waals surface area contributed by atoms with Crippen molar-refractivity contribution in [1.82, 2.24) is 0 Å². The van der Waals surface area contributed by atoms with Crippen LogP contribution in [0.15, 0.2) is 35.8 Å². The molecular weight excluding hydrogens is 208 g/mol. The lowest BCUT2D eigenvalue weighted by molar-refractivity contribution is 0.0829. The van der Waals surface area contributed by atoms with Crippen molar-refractivity contribution < 1.29 is 19.1 Å². The number of ether oxygens (including phenoxy) is 2. The predicted molar refractivity (Wildman–Crippen MR) is 56.1 cm³/mol. The van der Waals surface area contributed by atoms with E-state index in [1.54, 1.807) is 24.3 Å². The fourth-order valence-electron chi connectivity index (χ4n) is 1.70. The van der Waals surface area contributed by atoms with E-state index < -0.39 is 0 Å². The quantitative estimate of drug-likeness (QED) is 0.756. The number of ketones is 2. The van der Waals surface area contributed by atoms with E-state index >= 15 is 0 Å². The molecule has 0 atom stereocenters. The molecule has 1 aromatic rings. The third-order valence-electron chi connectivity index (χ3n) is 2.44. The molecule has 16 heavy (non-hydrogen) atoms. The van der Waals surface area contributed by atoms with Crippen molar-refractivity contribution in [2.75, 3.05) is 14.2 Å². The second-order valence-electron chi connectivity index (χ2n) is 3.27. The molecule has 0 bridgehead atoms. The summed E-state index contributed by atoms with van der Waals surface area (Å²) in [6.07, 6.45) is 0. The molecule has 4 nitrogen and oxygen atoms in total. The highest BCUT2D eigenvalue weighted by Crippen LogP contribution is 2.26. The van der Waals surface area contributed by atoms with Gasteiger partial charge >= 0.3 is 0 Å². The molecule has 0 unspecified atom stereocenters. The second kappa shape index (κ2) is 3.81. The Kier molecular flexibility index (Phi) is 2.48. The number of hydrogen-bond acceptors (Lipinski definition) is 4. The number of benzene rings is 1. The standard InChI is InChI=1S/C12H10O4/c1-15-11-9(13)7-5-3-4-6-8(7)10(14)12(11)16-2/h3-6H,1-2H3. The number of allylic oxidation sites excluding steroid dienone is 2. The van der Waals surface area contributed by atoms with Crippen LogP contribution < -0.4 is 0 Å². The van der Waals surface area contributed by atoms with E-state index in [4.69, 9.17) is 9.47 Å². The summed E-state index contributed by atoms with van der Waals surface area (Å²) < 4.78 is 9.84. The van der Waals surface area contributed by atoms with E-state index in [0.717, 1.165) is 0 Å². The van der Waals surface area contributed by atoms with Gasteiger partial charge in [0.05, 0.1) is 14.2 Å². The van der Waals surface area contributed by atoms with Crippen LogP contribution >= 0.6 is 0 Å². The third kappa shape index (κ3) is 1.31. The molecule has 0 spiro atoms. The van der Waals surface area contributed by atoms with Gasteiger partial charge in [-0.05, 0) is 0 Å². The van der Waals surface area contributed by atoms with Gasteiger partial charge in [-0.3, -0.25) is 9.59 Å². The number of Topliss-reactive ketones (excluding diaryl/α,β-unsaturated/α-hetero) is 2. The van der Waals surface area contributed by atoms with Gasteiger partial charge in [-0.2, -0.15) is 0 Å². The van der Waals surface area contributed by atoms with Gasteiger partial charge in [-0.25, -0.2) is 0 Å². The molecule has 1 aliphatic carbocycles. The van der Waals surface area contributed by atoms with E-state index in [2.05, 4.69) is 0 Å². The van der Waals surface area contributed by atoms with Crippen LogP contribution in [0, 0.1) is 0 Å². The van der Waals surface area contributed by atoms with E-state index in [-0.39, 0.29) is 23.1 Å². The lowest BCUT2D eigenvalue weighted by Gasteiger charge is -2.18. The summed E-state index contributed by atoms with van der Waals surface area (Å²) in [6.45, 7) is 0. The SMILES string of the molecule is COC1=C(OC)C(=O)c2ccccc2C1=O. The molecule has 0 saturated heterocycles. The maximum atomic E-state index is 11.9. The Labute approximate surface area is 92.5 Å². The van der Waals surface area contributed by atoms with Crippen molar-refractivity contribution in [2.24, 2.45) is 0 Å². The van der Waals surface area contributed by atoms with Crippen LogP contribution in [0.5, 0.6) is 0 Å². The summed E-state index contributed by atoms with van der Waals surface area (Å²) in [5, 5.41) is 0. The monoisotopic (exact) mass is 218 g/mol. The first-order chi connectivity index (χ1) is 7.70. The van der Waals surface area contributed by atoms with Crippen molar-refractivity contribution in [3.8, 4) is 0 Å². The zero-order valence-electron chi connectivity index (χ0n) is 8.94. The van der Waals surface area contributed by atoms with Gasteiger partial charge in [-0.15, -0.1) is 0 Å². The summed E-state index contributed by atoms with van der Waals surface area (Å²) in [6, 6.07) is 6.60. The Morgan fingerprint density at radius 2 is 1.19 bits per heavy atom. The zero-order chi connectivity index (χ0) is 11.7. The molecule has 82 valence electrons. The average Bonchev–Trinajstić information content (AvgIpc) is 2.33. The summed E-state index contributed by atoms with van der Waals surface area (Å²) in [7, 11) is 2.68. The van der Waals surface area contributed by atoms with Crippen LogP contribution in [0.4, 0.5) is 0 Å². The lowest BCUT2D eigenvalue weighted by Crippen LogP contribution is -2.23. The van der Waals surface area contributed by atoms with Crippen molar-refractivity contribution in [1.29, 1.82) is 0 Å². The molecule has 0 fully saturated rings. The summed E-state index contributed by atoms with van der Waals surface area (Å²) >= 11 is 0. The Morgan fingerprint density at radius 3 is 1.50 bits per heavy atom. The van der Waals surface area contributed by atoms with E-state index in [1.165, 1.54) is 14.2 Å².